The smallest absolute Gasteiger partial charge is 0.230 e. The Labute approximate surface area is 153 Å². The second-order valence-electron chi connectivity index (χ2n) is 5.75. The lowest BCUT2D eigenvalue weighted by atomic mass is 10.1. The molecule has 0 aliphatic heterocycles. The largest absolute Gasteiger partial charge is 0.355 e. The van der Waals surface area contributed by atoms with Gasteiger partial charge in [-0.1, -0.05) is 48.5 Å². The molecule has 0 aliphatic carbocycles. The molecule has 0 unspecified atom stereocenters. The van der Waals surface area contributed by atoms with Crippen molar-refractivity contribution in [1.29, 1.82) is 0 Å². The van der Waals surface area contributed by atoms with Gasteiger partial charge in [0.1, 0.15) is 0 Å². The third-order valence-corrected chi connectivity index (χ3v) is 5.83. The number of thioether (sulfide) groups is 2. The van der Waals surface area contributed by atoms with Gasteiger partial charge in [0.2, 0.25) is 5.91 Å². The van der Waals surface area contributed by atoms with Gasteiger partial charge in [0.15, 0.2) is 0 Å². The maximum atomic E-state index is 11.9. The molecule has 4 heteroatoms. The Kier molecular flexibility index (Phi) is 8.26. The van der Waals surface area contributed by atoms with E-state index >= 15 is 0 Å². The average molecular weight is 360 g/mol. The Morgan fingerprint density at radius 1 is 0.875 bits per heavy atom. The number of carbonyl (C=O) groups is 1. The molecule has 0 spiro atoms. The Hall–Kier alpha value is -1.39. The van der Waals surface area contributed by atoms with Crippen molar-refractivity contribution in [2.75, 3.05) is 18.1 Å². The molecule has 24 heavy (non-hydrogen) atoms. The summed E-state index contributed by atoms with van der Waals surface area (Å²) in [6.07, 6.45) is 0. The van der Waals surface area contributed by atoms with Crippen molar-refractivity contribution in [2.45, 2.75) is 25.4 Å². The molecule has 0 bridgehead atoms. The lowest BCUT2D eigenvalue weighted by Crippen LogP contribution is -2.27. The van der Waals surface area contributed by atoms with Crippen molar-refractivity contribution in [2.24, 2.45) is 0 Å². The number of rotatable bonds is 9. The molecule has 0 fully saturated rings. The van der Waals surface area contributed by atoms with Crippen molar-refractivity contribution < 1.29 is 4.79 Å². The monoisotopic (exact) mass is 359 g/mol. The molecule has 0 atom stereocenters. The second kappa shape index (κ2) is 10.5. The van der Waals surface area contributed by atoms with Crippen LogP contribution in [0.1, 0.15) is 22.3 Å². The number of hydrogen-bond donors (Lipinski definition) is 1. The van der Waals surface area contributed by atoms with Crippen molar-refractivity contribution in [3.8, 4) is 0 Å². The molecule has 2 aromatic rings. The van der Waals surface area contributed by atoms with E-state index in [-0.39, 0.29) is 5.91 Å². The summed E-state index contributed by atoms with van der Waals surface area (Å²) in [6.45, 7) is 4.99. The molecule has 0 heterocycles. The molecule has 2 aromatic carbocycles. The highest BCUT2D eigenvalue weighted by atomic mass is 32.2. The van der Waals surface area contributed by atoms with Gasteiger partial charge in [0.05, 0.1) is 5.75 Å². The van der Waals surface area contributed by atoms with Crippen LogP contribution >= 0.6 is 23.5 Å². The Morgan fingerprint density at radius 3 is 2.00 bits per heavy atom. The zero-order valence-corrected chi connectivity index (χ0v) is 16.0. The third kappa shape index (κ3) is 6.62. The normalized spacial score (nSPS) is 10.6. The molecule has 128 valence electrons. The highest BCUT2D eigenvalue weighted by Crippen LogP contribution is 2.16. The van der Waals surface area contributed by atoms with Crippen LogP contribution in [0.15, 0.2) is 48.5 Å². The molecule has 0 saturated heterocycles. The second-order valence-corrected chi connectivity index (χ2v) is 7.84. The maximum Gasteiger partial charge on any atom is 0.230 e. The third-order valence-electron chi connectivity index (χ3n) is 3.84. The standard InChI is InChI=1S/C20H25NOS2/c1-16-7-3-5-9-18(16)13-23-12-11-21-20(22)15-24-14-19-10-6-4-8-17(19)2/h3-10H,11-15H2,1-2H3,(H,21,22). The predicted octanol–water partition coefficient (Wildman–Crippen LogP) is 4.59. The fourth-order valence-corrected chi connectivity index (χ4v) is 4.16. The summed E-state index contributed by atoms with van der Waals surface area (Å²) in [5.74, 6) is 3.50. The lowest BCUT2D eigenvalue weighted by molar-refractivity contribution is -0.118. The van der Waals surface area contributed by atoms with Gasteiger partial charge in [0, 0.05) is 23.8 Å². The van der Waals surface area contributed by atoms with Crippen molar-refractivity contribution in [3.05, 3.63) is 70.8 Å². The summed E-state index contributed by atoms with van der Waals surface area (Å²) in [5, 5.41) is 3.00. The van der Waals surface area contributed by atoms with Gasteiger partial charge in [-0.05, 0) is 36.1 Å². The lowest BCUT2D eigenvalue weighted by Gasteiger charge is -2.08. The SMILES string of the molecule is Cc1ccccc1CSCCNC(=O)CSCc1ccccc1C. The summed E-state index contributed by atoms with van der Waals surface area (Å²) in [5.41, 5.74) is 5.31. The minimum atomic E-state index is 0.130. The maximum absolute atomic E-state index is 11.9. The summed E-state index contributed by atoms with van der Waals surface area (Å²) >= 11 is 3.54. The minimum Gasteiger partial charge on any atom is -0.355 e. The number of hydrogen-bond acceptors (Lipinski definition) is 3. The topological polar surface area (TPSA) is 29.1 Å². The molecule has 0 radical (unpaired) electrons. The van der Waals surface area contributed by atoms with E-state index in [1.165, 1.54) is 22.3 Å². The van der Waals surface area contributed by atoms with Crippen LogP contribution < -0.4 is 5.32 Å². The van der Waals surface area contributed by atoms with Crippen LogP contribution in [0.5, 0.6) is 0 Å². The first-order valence-corrected chi connectivity index (χ1v) is 10.5. The molecule has 0 saturated carbocycles. The molecule has 1 N–H and O–H groups in total. The van der Waals surface area contributed by atoms with Crippen LogP contribution in [0.3, 0.4) is 0 Å². The van der Waals surface area contributed by atoms with E-state index in [0.29, 0.717) is 5.75 Å². The van der Waals surface area contributed by atoms with Gasteiger partial charge < -0.3 is 5.32 Å². The quantitative estimate of drug-likeness (QED) is 0.664. The van der Waals surface area contributed by atoms with Gasteiger partial charge in [-0.3, -0.25) is 4.79 Å². The van der Waals surface area contributed by atoms with Gasteiger partial charge in [-0.25, -0.2) is 0 Å². The molecule has 2 nitrogen and oxygen atoms in total. The van der Waals surface area contributed by atoms with Crippen LogP contribution in [-0.2, 0) is 16.3 Å². The zero-order valence-electron chi connectivity index (χ0n) is 14.4. The molecule has 0 aliphatic rings. The summed E-state index contributed by atoms with van der Waals surface area (Å²) in [4.78, 5) is 11.9. The predicted molar refractivity (Wildman–Crippen MR) is 108 cm³/mol. The summed E-state index contributed by atoms with van der Waals surface area (Å²) < 4.78 is 0. The highest BCUT2D eigenvalue weighted by molar-refractivity contribution is 7.99. The van der Waals surface area contributed by atoms with E-state index in [2.05, 4.69) is 61.6 Å². The number of nitrogens with one attached hydrogen (secondary N) is 1. The molecule has 0 aromatic heterocycles. The van der Waals surface area contributed by atoms with E-state index < -0.39 is 0 Å². The molecular formula is C20H25NOS2. The van der Waals surface area contributed by atoms with Gasteiger partial charge >= 0.3 is 0 Å². The van der Waals surface area contributed by atoms with E-state index in [4.69, 9.17) is 0 Å². The first kappa shape index (κ1) is 18.9. The van der Waals surface area contributed by atoms with Crippen molar-refractivity contribution in [1.82, 2.24) is 5.32 Å². The van der Waals surface area contributed by atoms with Crippen molar-refractivity contribution in [3.63, 3.8) is 0 Å². The Bertz CT molecular complexity index is 658. The zero-order chi connectivity index (χ0) is 17.2. The van der Waals surface area contributed by atoms with Gasteiger partial charge in [-0.15, -0.1) is 11.8 Å². The van der Waals surface area contributed by atoms with Gasteiger partial charge in [-0.2, -0.15) is 11.8 Å². The first-order valence-electron chi connectivity index (χ1n) is 8.18. The van der Waals surface area contributed by atoms with Crippen LogP contribution in [-0.4, -0.2) is 24.0 Å². The highest BCUT2D eigenvalue weighted by Gasteiger charge is 2.03. The molecule has 1 amide bonds. The average Bonchev–Trinajstić information content (AvgIpc) is 2.58. The van der Waals surface area contributed by atoms with Gasteiger partial charge in [0.25, 0.3) is 0 Å². The number of benzene rings is 2. The summed E-state index contributed by atoms with van der Waals surface area (Å²) in [6, 6.07) is 16.8. The number of carbonyl (C=O) groups excluding carboxylic acids is 1. The van der Waals surface area contributed by atoms with E-state index in [9.17, 15) is 4.79 Å². The fourth-order valence-electron chi connectivity index (χ4n) is 2.29. The minimum absolute atomic E-state index is 0.130. The fraction of sp³-hybridized carbons (Fsp3) is 0.350. The number of aryl methyl sites for hydroxylation is 2. The van der Waals surface area contributed by atoms with E-state index in [1.807, 2.05) is 17.8 Å². The summed E-state index contributed by atoms with van der Waals surface area (Å²) in [7, 11) is 0. The van der Waals surface area contributed by atoms with Crippen LogP contribution in [0.4, 0.5) is 0 Å². The first-order chi connectivity index (χ1) is 11.7. The van der Waals surface area contributed by atoms with Crippen LogP contribution in [0.2, 0.25) is 0 Å². The van der Waals surface area contributed by atoms with Crippen molar-refractivity contribution >= 4 is 29.4 Å². The van der Waals surface area contributed by atoms with E-state index in [1.54, 1.807) is 11.8 Å². The van der Waals surface area contributed by atoms with Crippen LogP contribution in [0, 0.1) is 13.8 Å². The molecule has 2 rings (SSSR count). The van der Waals surface area contributed by atoms with E-state index in [0.717, 1.165) is 23.8 Å². The molecular weight excluding hydrogens is 334 g/mol. The Balaban J connectivity index is 1.55. The van der Waals surface area contributed by atoms with Crippen LogP contribution in [0.25, 0.3) is 0 Å². The Morgan fingerprint density at radius 2 is 1.42 bits per heavy atom. The number of amides is 1.